The summed E-state index contributed by atoms with van der Waals surface area (Å²) < 4.78 is 0. The number of nitrogens with zero attached hydrogens (tertiary/aromatic N) is 1. The van der Waals surface area contributed by atoms with Crippen LogP contribution >= 0.6 is 34.7 Å². The fourth-order valence-corrected chi connectivity index (χ4v) is 10.0. The van der Waals surface area contributed by atoms with Crippen LogP contribution in [0.2, 0.25) is 5.02 Å². The predicted molar refractivity (Wildman–Crippen MR) is 134 cm³/mol. The first-order valence-corrected chi connectivity index (χ1v) is 13.6. The third-order valence-electron chi connectivity index (χ3n) is 8.25. The van der Waals surface area contributed by atoms with Crippen molar-refractivity contribution in [2.24, 2.45) is 29.6 Å². The molecule has 2 saturated carbocycles. The van der Waals surface area contributed by atoms with Gasteiger partial charge in [-0.15, -0.1) is 11.8 Å². The van der Waals surface area contributed by atoms with Crippen LogP contribution in [-0.2, 0) is 9.59 Å². The van der Waals surface area contributed by atoms with Gasteiger partial charge in [-0.05, 0) is 60.9 Å². The highest BCUT2D eigenvalue weighted by Crippen LogP contribution is 2.68. The molecule has 7 rings (SSSR count). The van der Waals surface area contributed by atoms with Gasteiger partial charge in [0.2, 0.25) is 11.8 Å². The lowest BCUT2D eigenvalue weighted by molar-refractivity contribution is -0.123. The van der Waals surface area contributed by atoms with Crippen LogP contribution in [0.25, 0.3) is 0 Å². The van der Waals surface area contributed by atoms with Crippen molar-refractivity contribution in [2.75, 3.05) is 4.90 Å². The van der Waals surface area contributed by atoms with Gasteiger partial charge < -0.3 is 4.98 Å². The van der Waals surface area contributed by atoms with E-state index in [1.54, 1.807) is 11.8 Å². The molecule has 3 fully saturated rings. The number of fused-ring (bicyclic) bond motifs is 9. The minimum Gasteiger partial charge on any atom is -0.307 e. The van der Waals surface area contributed by atoms with Gasteiger partial charge in [0.25, 0.3) is 0 Å². The lowest BCUT2D eigenvalue weighted by Crippen LogP contribution is -2.42. The van der Waals surface area contributed by atoms with E-state index < -0.39 is 0 Å². The normalized spacial score (nSPS) is 33.2. The minimum absolute atomic E-state index is 0.0229. The van der Waals surface area contributed by atoms with Crippen molar-refractivity contribution in [3.63, 3.8) is 0 Å². The maximum absolute atomic E-state index is 13.7. The van der Waals surface area contributed by atoms with Gasteiger partial charge in [-0.2, -0.15) is 0 Å². The van der Waals surface area contributed by atoms with Gasteiger partial charge in [0.15, 0.2) is 0 Å². The van der Waals surface area contributed by atoms with Crippen LogP contribution in [-0.4, -0.2) is 22.0 Å². The highest BCUT2D eigenvalue weighted by atomic mass is 35.5. The van der Waals surface area contributed by atoms with Crippen LogP contribution in [0.5, 0.6) is 0 Å². The smallest absolute Gasteiger partial charge is 0.305 e. The fourth-order valence-electron chi connectivity index (χ4n) is 7.01. The molecule has 3 heterocycles. The van der Waals surface area contributed by atoms with Crippen molar-refractivity contribution >= 4 is 52.2 Å². The number of thiazole rings is 1. The zero-order valence-electron chi connectivity index (χ0n) is 18.2. The molecule has 2 aliphatic carbocycles. The first-order chi connectivity index (χ1) is 16.4. The maximum atomic E-state index is 13.7. The number of H-pyrrole nitrogens is 1. The lowest BCUT2D eigenvalue weighted by atomic mass is 9.68. The number of aryl methyl sites for hydroxylation is 1. The van der Waals surface area contributed by atoms with E-state index in [-0.39, 0.29) is 57.4 Å². The van der Waals surface area contributed by atoms with Crippen molar-refractivity contribution in [1.29, 1.82) is 0 Å². The molecular formula is C26H21ClN2O3S2. The van der Waals surface area contributed by atoms with Crippen LogP contribution in [0.15, 0.2) is 58.4 Å². The van der Waals surface area contributed by atoms with E-state index in [1.165, 1.54) is 16.2 Å². The summed E-state index contributed by atoms with van der Waals surface area (Å²) in [6.45, 7) is 1.99. The summed E-state index contributed by atoms with van der Waals surface area (Å²) in [6.07, 6.45) is 0.889. The van der Waals surface area contributed by atoms with E-state index in [9.17, 15) is 14.4 Å². The Morgan fingerprint density at radius 2 is 1.62 bits per heavy atom. The number of aromatic amines is 1. The van der Waals surface area contributed by atoms with E-state index in [0.717, 1.165) is 27.5 Å². The predicted octanol–water partition coefficient (Wildman–Crippen LogP) is 5.08. The number of nitrogens with one attached hydrogen (secondary N) is 1. The Labute approximate surface area is 209 Å². The summed E-state index contributed by atoms with van der Waals surface area (Å²) in [5.74, 6) is -0.205. The van der Waals surface area contributed by atoms with E-state index >= 15 is 0 Å². The number of rotatable bonds is 2. The molecule has 1 aromatic heterocycles. The number of benzene rings is 2. The number of imide groups is 1. The zero-order chi connectivity index (χ0) is 23.3. The fraction of sp³-hybridized carbons (Fsp3) is 0.346. The molecule has 3 aromatic rings. The van der Waals surface area contributed by atoms with Gasteiger partial charge in [0.1, 0.15) is 0 Å². The molecule has 172 valence electrons. The summed E-state index contributed by atoms with van der Waals surface area (Å²) in [5, 5.41) is 1.79. The summed E-state index contributed by atoms with van der Waals surface area (Å²) in [5.41, 5.74) is 2.88. The first-order valence-electron chi connectivity index (χ1n) is 11.5. The second-order valence-corrected chi connectivity index (χ2v) is 12.5. The Morgan fingerprint density at radius 1 is 0.941 bits per heavy atom. The van der Waals surface area contributed by atoms with Crippen molar-refractivity contribution < 1.29 is 9.59 Å². The quantitative estimate of drug-likeness (QED) is 0.490. The van der Waals surface area contributed by atoms with Crippen LogP contribution in [0, 0.1) is 36.5 Å². The van der Waals surface area contributed by atoms with Crippen LogP contribution in [0.1, 0.15) is 28.3 Å². The van der Waals surface area contributed by atoms with Gasteiger partial charge >= 0.3 is 4.87 Å². The number of aromatic nitrogens is 1. The number of hydrogen-bond donors (Lipinski definition) is 1. The third kappa shape index (κ3) is 2.77. The van der Waals surface area contributed by atoms with E-state index in [1.807, 2.05) is 55.5 Å². The molecule has 5 nitrogen and oxygen atoms in total. The van der Waals surface area contributed by atoms with Gasteiger partial charge in [-0.1, -0.05) is 52.8 Å². The molecule has 2 aliphatic heterocycles. The number of halogens is 1. The van der Waals surface area contributed by atoms with Crippen LogP contribution in [0.3, 0.4) is 0 Å². The summed E-state index contributed by atoms with van der Waals surface area (Å²) in [6, 6.07) is 15.5. The number of carbonyl (C=O) groups excluding carboxylic acids is 2. The molecule has 34 heavy (non-hydrogen) atoms. The number of thioether (sulfide) groups is 1. The number of amides is 2. The molecule has 2 amide bonds. The van der Waals surface area contributed by atoms with E-state index in [0.29, 0.717) is 10.7 Å². The number of anilines is 1. The molecule has 0 spiro atoms. The summed E-state index contributed by atoms with van der Waals surface area (Å²) >= 11 is 9.16. The van der Waals surface area contributed by atoms with E-state index in [2.05, 4.69) is 4.98 Å². The Bertz CT molecular complexity index is 1400. The zero-order valence-corrected chi connectivity index (χ0v) is 20.6. The second-order valence-electron chi connectivity index (χ2n) is 9.86. The molecular weight excluding hydrogens is 488 g/mol. The van der Waals surface area contributed by atoms with Crippen LogP contribution in [0.4, 0.5) is 5.69 Å². The third-order valence-corrected chi connectivity index (χ3v) is 11.1. The molecule has 0 radical (unpaired) electrons. The lowest BCUT2D eigenvalue weighted by Gasteiger charge is -2.43. The first kappa shape index (κ1) is 21.0. The molecule has 2 aromatic carbocycles. The Kier molecular flexibility index (Phi) is 4.52. The summed E-state index contributed by atoms with van der Waals surface area (Å²) in [7, 11) is 0. The van der Waals surface area contributed by atoms with Crippen molar-refractivity contribution in [2.45, 2.75) is 29.5 Å². The summed E-state index contributed by atoms with van der Waals surface area (Å²) in [4.78, 5) is 45.1. The highest BCUT2D eigenvalue weighted by Gasteiger charge is 2.69. The van der Waals surface area contributed by atoms with Crippen molar-refractivity contribution in [1.82, 2.24) is 4.98 Å². The van der Waals surface area contributed by atoms with Gasteiger partial charge in [0, 0.05) is 21.1 Å². The van der Waals surface area contributed by atoms with Gasteiger partial charge in [-0.3, -0.25) is 19.3 Å². The average molecular weight is 509 g/mol. The number of carbonyl (C=O) groups is 2. The monoisotopic (exact) mass is 508 g/mol. The highest BCUT2D eigenvalue weighted by molar-refractivity contribution is 8.00. The van der Waals surface area contributed by atoms with E-state index in [4.69, 9.17) is 11.6 Å². The number of hydrogen-bond acceptors (Lipinski definition) is 5. The topological polar surface area (TPSA) is 70.2 Å². The van der Waals surface area contributed by atoms with Gasteiger partial charge in [0.05, 0.1) is 22.5 Å². The van der Waals surface area contributed by atoms with Gasteiger partial charge in [-0.25, -0.2) is 0 Å². The Morgan fingerprint density at radius 3 is 2.32 bits per heavy atom. The molecule has 4 aliphatic rings. The Hall–Kier alpha value is -2.35. The van der Waals surface area contributed by atoms with Crippen molar-refractivity contribution in [3.05, 3.63) is 79.2 Å². The minimum atomic E-state index is -0.285. The van der Waals surface area contributed by atoms with Crippen LogP contribution < -0.4 is 9.77 Å². The van der Waals surface area contributed by atoms with Crippen molar-refractivity contribution in [3.8, 4) is 0 Å². The Balaban J connectivity index is 1.32. The standard InChI is InChI=1S/C26H21ClN2O3S2/c1-11-2-8-14(9-3-11)29-24(30)19-15-10-16(20(19)25(29)31)21-18(15)17(12-4-6-13(27)7-5-12)22-23(33-21)28-26(32)34-22/h2-9,15-21H,10H2,1H3,(H,28,32)/t15-,16-,17-,18-,19+,20-,21-/m1/s1. The molecule has 8 heteroatoms. The SMILES string of the molecule is Cc1ccc(N2C(=O)[C@@H]3[C@H]4C[C@@H]([C@@H]3C2=O)[C@@H]2[C@@H](c3ccc(Cl)cc3)c3sc(=O)[nH]c3S[C@H]42)cc1. The molecule has 0 unspecified atom stereocenters. The molecule has 1 saturated heterocycles. The molecule has 2 bridgehead atoms. The maximum Gasteiger partial charge on any atom is 0.305 e. The molecule has 1 N–H and O–H groups in total. The molecule has 7 atom stereocenters. The second kappa shape index (κ2) is 7.33. The average Bonchev–Trinajstić information content (AvgIpc) is 3.54. The largest absolute Gasteiger partial charge is 0.307 e.